The van der Waals surface area contributed by atoms with Gasteiger partial charge in [-0.05, 0) is 44.2 Å². The first-order valence-corrected chi connectivity index (χ1v) is 6.29. The van der Waals surface area contributed by atoms with Gasteiger partial charge in [-0.3, -0.25) is 0 Å². The maximum Gasteiger partial charge on any atom is 0.0291 e. The Hall–Kier alpha value is -1.08. The van der Waals surface area contributed by atoms with Gasteiger partial charge in [-0.2, -0.15) is 0 Å². The standard InChI is InChI=1S/C15H21N/c1-13(15-10-6-3-7-11-15)16-12-14-8-4-2-5-9-14/h2-4,6-7,10-11,13-14,16H,5,8-9,12H2,1H3/t13-,14+/m0/s1. The second-order valence-corrected chi connectivity index (χ2v) is 4.69. The predicted octanol–water partition coefficient (Wildman–Crippen LogP) is 3.69. The van der Waals surface area contributed by atoms with Crippen molar-refractivity contribution in [2.24, 2.45) is 5.92 Å². The second-order valence-electron chi connectivity index (χ2n) is 4.69. The molecule has 1 nitrogen and oxygen atoms in total. The van der Waals surface area contributed by atoms with Crippen LogP contribution in [-0.4, -0.2) is 6.54 Å². The molecule has 0 aliphatic heterocycles. The summed E-state index contributed by atoms with van der Waals surface area (Å²) in [7, 11) is 0. The summed E-state index contributed by atoms with van der Waals surface area (Å²) in [4.78, 5) is 0. The summed E-state index contributed by atoms with van der Waals surface area (Å²) in [5, 5.41) is 3.63. The van der Waals surface area contributed by atoms with Crippen molar-refractivity contribution < 1.29 is 0 Å². The van der Waals surface area contributed by atoms with Gasteiger partial charge in [-0.15, -0.1) is 0 Å². The minimum absolute atomic E-state index is 0.465. The molecule has 2 rings (SSSR count). The van der Waals surface area contributed by atoms with Gasteiger partial charge in [-0.1, -0.05) is 42.5 Å². The fraction of sp³-hybridized carbons (Fsp3) is 0.467. The molecule has 0 radical (unpaired) electrons. The van der Waals surface area contributed by atoms with Crippen LogP contribution in [0.4, 0.5) is 0 Å². The highest BCUT2D eigenvalue weighted by Crippen LogP contribution is 2.19. The number of rotatable bonds is 4. The van der Waals surface area contributed by atoms with Crippen LogP contribution in [0.2, 0.25) is 0 Å². The number of benzene rings is 1. The minimum atomic E-state index is 0.465. The fourth-order valence-electron chi connectivity index (χ4n) is 2.24. The summed E-state index contributed by atoms with van der Waals surface area (Å²) in [6.07, 6.45) is 8.46. The zero-order chi connectivity index (χ0) is 11.2. The van der Waals surface area contributed by atoms with E-state index in [1.54, 1.807) is 0 Å². The molecule has 16 heavy (non-hydrogen) atoms. The molecule has 0 saturated heterocycles. The first-order valence-electron chi connectivity index (χ1n) is 6.29. The maximum absolute atomic E-state index is 3.63. The van der Waals surface area contributed by atoms with Gasteiger partial charge in [-0.25, -0.2) is 0 Å². The molecule has 0 amide bonds. The zero-order valence-electron chi connectivity index (χ0n) is 10.0. The summed E-state index contributed by atoms with van der Waals surface area (Å²) in [6, 6.07) is 11.1. The molecule has 0 saturated carbocycles. The molecule has 1 aliphatic carbocycles. The summed E-state index contributed by atoms with van der Waals surface area (Å²) in [5.41, 5.74) is 1.38. The Morgan fingerprint density at radius 2 is 2.06 bits per heavy atom. The smallest absolute Gasteiger partial charge is 0.0291 e. The molecule has 1 aromatic rings. The Labute approximate surface area is 98.6 Å². The van der Waals surface area contributed by atoms with Crippen molar-refractivity contribution in [1.29, 1.82) is 0 Å². The number of allylic oxidation sites excluding steroid dienone is 2. The van der Waals surface area contributed by atoms with E-state index in [1.807, 2.05) is 0 Å². The van der Waals surface area contributed by atoms with Crippen LogP contribution in [-0.2, 0) is 0 Å². The van der Waals surface area contributed by atoms with Crippen molar-refractivity contribution in [2.75, 3.05) is 6.54 Å². The normalized spacial score (nSPS) is 21.9. The fourth-order valence-corrected chi connectivity index (χ4v) is 2.24. The van der Waals surface area contributed by atoms with Crippen molar-refractivity contribution in [1.82, 2.24) is 5.32 Å². The van der Waals surface area contributed by atoms with E-state index in [2.05, 4.69) is 54.7 Å². The van der Waals surface area contributed by atoms with Gasteiger partial charge in [0.1, 0.15) is 0 Å². The average molecular weight is 215 g/mol. The van der Waals surface area contributed by atoms with E-state index in [4.69, 9.17) is 0 Å². The molecule has 0 aromatic heterocycles. The van der Waals surface area contributed by atoms with Crippen LogP contribution in [0.25, 0.3) is 0 Å². The topological polar surface area (TPSA) is 12.0 Å². The van der Waals surface area contributed by atoms with Crippen LogP contribution in [0.15, 0.2) is 42.5 Å². The quantitative estimate of drug-likeness (QED) is 0.755. The van der Waals surface area contributed by atoms with Crippen LogP contribution in [0, 0.1) is 5.92 Å². The Balaban J connectivity index is 1.79. The van der Waals surface area contributed by atoms with E-state index >= 15 is 0 Å². The third kappa shape index (κ3) is 3.21. The van der Waals surface area contributed by atoms with Gasteiger partial charge >= 0.3 is 0 Å². The van der Waals surface area contributed by atoms with Gasteiger partial charge in [0.2, 0.25) is 0 Å². The summed E-state index contributed by atoms with van der Waals surface area (Å²) >= 11 is 0. The van der Waals surface area contributed by atoms with E-state index in [-0.39, 0.29) is 0 Å². The Morgan fingerprint density at radius 1 is 1.25 bits per heavy atom. The first-order chi connectivity index (χ1) is 7.86. The Morgan fingerprint density at radius 3 is 2.75 bits per heavy atom. The van der Waals surface area contributed by atoms with Gasteiger partial charge < -0.3 is 5.32 Å². The van der Waals surface area contributed by atoms with Crippen LogP contribution < -0.4 is 5.32 Å². The molecule has 2 atom stereocenters. The van der Waals surface area contributed by atoms with Crippen molar-refractivity contribution >= 4 is 0 Å². The Kier molecular flexibility index (Phi) is 4.17. The molecule has 0 unspecified atom stereocenters. The summed E-state index contributed by atoms with van der Waals surface area (Å²) in [5.74, 6) is 0.830. The highest BCUT2D eigenvalue weighted by molar-refractivity contribution is 5.18. The molecule has 1 aliphatic rings. The average Bonchev–Trinajstić information content (AvgIpc) is 2.38. The van der Waals surface area contributed by atoms with Crippen LogP contribution >= 0.6 is 0 Å². The van der Waals surface area contributed by atoms with E-state index in [1.165, 1.54) is 24.8 Å². The molecule has 0 bridgehead atoms. The van der Waals surface area contributed by atoms with Crippen molar-refractivity contribution in [3.63, 3.8) is 0 Å². The predicted molar refractivity (Wildman–Crippen MR) is 69.3 cm³/mol. The SMILES string of the molecule is C[C@H](NC[C@@H]1CC=CCC1)c1ccccc1. The van der Waals surface area contributed by atoms with Crippen molar-refractivity contribution in [2.45, 2.75) is 32.2 Å². The van der Waals surface area contributed by atoms with E-state index in [9.17, 15) is 0 Å². The van der Waals surface area contributed by atoms with Crippen molar-refractivity contribution in [3.8, 4) is 0 Å². The monoisotopic (exact) mass is 215 g/mol. The molecule has 1 N–H and O–H groups in total. The molecular formula is C15H21N. The lowest BCUT2D eigenvalue weighted by Gasteiger charge is -2.21. The van der Waals surface area contributed by atoms with Crippen LogP contribution in [0.5, 0.6) is 0 Å². The zero-order valence-corrected chi connectivity index (χ0v) is 10.0. The van der Waals surface area contributed by atoms with Crippen LogP contribution in [0.3, 0.4) is 0 Å². The van der Waals surface area contributed by atoms with Gasteiger partial charge in [0.15, 0.2) is 0 Å². The number of nitrogens with one attached hydrogen (secondary N) is 1. The summed E-state index contributed by atoms with van der Waals surface area (Å²) in [6.45, 7) is 3.38. The van der Waals surface area contributed by atoms with E-state index in [0.717, 1.165) is 12.5 Å². The molecule has 0 heterocycles. The highest BCUT2D eigenvalue weighted by atomic mass is 14.9. The van der Waals surface area contributed by atoms with Gasteiger partial charge in [0.05, 0.1) is 0 Å². The van der Waals surface area contributed by atoms with E-state index < -0.39 is 0 Å². The Bertz CT molecular complexity index is 329. The third-order valence-corrected chi connectivity index (χ3v) is 3.39. The maximum atomic E-state index is 3.63. The van der Waals surface area contributed by atoms with Crippen LogP contribution in [0.1, 0.15) is 37.8 Å². The molecule has 86 valence electrons. The lowest BCUT2D eigenvalue weighted by atomic mass is 9.94. The lowest BCUT2D eigenvalue weighted by molar-refractivity contribution is 0.415. The number of hydrogen-bond acceptors (Lipinski definition) is 1. The molecule has 1 heteroatoms. The van der Waals surface area contributed by atoms with Gasteiger partial charge in [0.25, 0.3) is 0 Å². The number of hydrogen-bond donors (Lipinski definition) is 1. The first kappa shape index (κ1) is 11.4. The van der Waals surface area contributed by atoms with Gasteiger partial charge in [0, 0.05) is 6.04 Å². The molecule has 0 spiro atoms. The molecule has 0 fully saturated rings. The molecular weight excluding hydrogens is 194 g/mol. The van der Waals surface area contributed by atoms with E-state index in [0.29, 0.717) is 6.04 Å². The summed E-state index contributed by atoms with van der Waals surface area (Å²) < 4.78 is 0. The van der Waals surface area contributed by atoms with Crippen molar-refractivity contribution in [3.05, 3.63) is 48.0 Å². The third-order valence-electron chi connectivity index (χ3n) is 3.39. The second kappa shape index (κ2) is 5.86. The minimum Gasteiger partial charge on any atom is -0.310 e. The lowest BCUT2D eigenvalue weighted by Crippen LogP contribution is -2.26. The molecule has 1 aromatic carbocycles. The largest absolute Gasteiger partial charge is 0.310 e. The highest BCUT2D eigenvalue weighted by Gasteiger charge is 2.11.